The van der Waals surface area contributed by atoms with E-state index < -0.39 is 0 Å². The molecule has 0 heterocycles. The maximum atomic E-state index is 2.60. The first-order chi connectivity index (χ1) is 27.8. The molecule has 4 aromatic carbocycles. The standard InChI is InChI=1S/C56H64/c1-5-13-33(14-6-1)45-31-47-48(32-46(45)34-15-7-2-8-16-34)51(36-19-11-4-12-20-36)56-44-30-28-42-40-26-24-38-22-21-37-23-25-39(52(40)49(37)38)41-27-29-43(54(44)53(41)42)55(56)50(47)35-17-9-3-10-18-35/h1-20,37-56H,21-32H2. The summed E-state index contributed by atoms with van der Waals surface area (Å²) in [4.78, 5) is 0. The number of benzene rings is 4. The van der Waals surface area contributed by atoms with E-state index >= 15 is 0 Å². The van der Waals surface area contributed by atoms with Gasteiger partial charge in [0.05, 0.1) is 0 Å². The van der Waals surface area contributed by atoms with Crippen LogP contribution in [0.15, 0.2) is 121 Å². The average molecular weight is 737 g/mol. The van der Waals surface area contributed by atoms with Crippen LogP contribution >= 0.6 is 0 Å². The van der Waals surface area contributed by atoms with Crippen LogP contribution in [0, 0.1) is 94.7 Å². The molecular formula is C56H64. The summed E-state index contributed by atoms with van der Waals surface area (Å²) in [5.74, 6) is 18.1. The highest BCUT2D eigenvalue weighted by molar-refractivity contribution is 5.37. The second-order valence-electron chi connectivity index (χ2n) is 21.6. The lowest BCUT2D eigenvalue weighted by molar-refractivity contribution is -0.169. The molecule has 0 nitrogen and oxygen atoms in total. The van der Waals surface area contributed by atoms with Crippen molar-refractivity contribution in [2.75, 3.05) is 0 Å². The molecule has 9 aliphatic rings. The number of fused-ring (bicyclic) bond motifs is 6. The first-order valence-electron chi connectivity index (χ1n) is 24.0. The normalized spacial score (nSPS) is 47.9. The van der Waals surface area contributed by atoms with Crippen LogP contribution in [-0.2, 0) is 0 Å². The lowest BCUT2D eigenvalue weighted by Crippen LogP contribution is -2.59. The molecule has 56 heavy (non-hydrogen) atoms. The Morgan fingerprint density at radius 3 is 0.964 bits per heavy atom. The van der Waals surface area contributed by atoms with E-state index in [9.17, 15) is 0 Å². The van der Waals surface area contributed by atoms with Gasteiger partial charge in [-0.1, -0.05) is 121 Å². The summed E-state index contributed by atoms with van der Waals surface area (Å²) < 4.78 is 0. The monoisotopic (exact) mass is 737 g/mol. The first kappa shape index (κ1) is 33.8. The van der Waals surface area contributed by atoms with Gasteiger partial charge in [-0.25, -0.2) is 0 Å². The van der Waals surface area contributed by atoms with Crippen molar-refractivity contribution < 1.29 is 0 Å². The fourth-order valence-electron chi connectivity index (χ4n) is 19.5. The zero-order valence-electron chi connectivity index (χ0n) is 33.6. The van der Waals surface area contributed by atoms with E-state index in [-0.39, 0.29) is 0 Å². The molecule has 0 aliphatic heterocycles. The third kappa shape index (κ3) is 4.83. The first-order valence-corrected chi connectivity index (χ1v) is 24.0. The van der Waals surface area contributed by atoms with E-state index in [4.69, 9.17) is 0 Å². The minimum absolute atomic E-state index is 0.568. The molecule has 288 valence electrons. The Bertz CT molecular complexity index is 1860. The Morgan fingerprint density at radius 2 is 0.554 bits per heavy atom. The fourth-order valence-corrected chi connectivity index (χ4v) is 19.5. The maximum absolute atomic E-state index is 2.60. The minimum Gasteiger partial charge on any atom is -0.0622 e. The molecule has 16 atom stereocenters. The van der Waals surface area contributed by atoms with E-state index in [2.05, 4.69) is 121 Å². The van der Waals surface area contributed by atoms with Crippen molar-refractivity contribution >= 4 is 0 Å². The lowest BCUT2D eigenvalue weighted by Gasteiger charge is -2.65. The largest absolute Gasteiger partial charge is 0.0622 e. The molecule has 0 heteroatoms. The van der Waals surface area contributed by atoms with Crippen molar-refractivity contribution in [2.45, 2.75) is 101 Å². The molecule has 0 saturated heterocycles. The Hall–Kier alpha value is -3.12. The molecule has 9 aliphatic carbocycles. The van der Waals surface area contributed by atoms with Crippen LogP contribution in [0.25, 0.3) is 0 Å². The summed E-state index contributed by atoms with van der Waals surface area (Å²) in [5, 5.41) is 0. The van der Waals surface area contributed by atoms with Gasteiger partial charge >= 0.3 is 0 Å². The molecule has 9 fully saturated rings. The molecule has 4 aromatic rings. The van der Waals surface area contributed by atoms with E-state index in [0.717, 1.165) is 82.9 Å². The van der Waals surface area contributed by atoms with E-state index in [1.54, 1.807) is 86.5 Å². The smallest absolute Gasteiger partial charge is 0.00900 e. The third-order valence-electron chi connectivity index (χ3n) is 20.5. The van der Waals surface area contributed by atoms with Gasteiger partial charge in [-0.05, 0) is 218 Å². The molecule has 9 saturated carbocycles. The van der Waals surface area contributed by atoms with Gasteiger partial charge in [0.25, 0.3) is 0 Å². The number of hydrogen-bond donors (Lipinski definition) is 0. The highest BCUT2D eigenvalue weighted by Gasteiger charge is 2.70. The topological polar surface area (TPSA) is 0 Å². The van der Waals surface area contributed by atoms with E-state index in [1.165, 1.54) is 12.8 Å². The molecule has 0 N–H and O–H groups in total. The minimum atomic E-state index is 0.568. The van der Waals surface area contributed by atoms with Crippen molar-refractivity contribution in [2.24, 2.45) is 94.7 Å². The van der Waals surface area contributed by atoms with Crippen molar-refractivity contribution in [1.82, 2.24) is 0 Å². The van der Waals surface area contributed by atoms with Crippen molar-refractivity contribution in [3.63, 3.8) is 0 Å². The summed E-state index contributed by atoms with van der Waals surface area (Å²) in [6.45, 7) is 0. The van der Waals surface area contributed by atoms with Gasteiger partial charge in [0.1, 0.15) is 0 Å². The second kappa shape index (κ2) is 13.2. The van der Waals surface area contributed by atoms with Crippen LogP contribution in [-0.4, -0.2) is 0 Å². The van der Waals surface area contributed by atoms with E-state index in [0.29, 0.717) is 35.5 Å². The van der Waals surface area contributed by atoms with E-state index in [1.807, 2.05) is 0 Å². The number of rotatable bonds is 4. The Balaban J connectivity index is 0.963. The Kier molecular flexibility index (Phi) is 7.97. The summed E-state index contributed by atoms with van der Waals surface area (Å²) in [6.07, 6.45) is 18.4. The second-order valence-corrected chi connectivity index (χ2v) is 21.6. The molecule has 13 rings (SSSR count). The predicted octanol–water partition coefficient (Wildman–Crippen LogP) is 13.8. The average Bonchev–Trinajstić information content (AvgIpc) is 3.85. The maximum Gasteiger partial charge on any atom is -0.00900 e. The van der Waals surface area contributed by atoms with Crippen LogP contribution in [0.3, 0.4) is 0 Å². The molecule has 0 radical (unpaired) electrons. The van der Waals surface area contributed by atoms with Crippen LogP contribution in [0.1, 0.15) is 123 Å². The van der Waals surface area contributed by atoms with Crippen LogP contribution in [0.5, 0.6) is 0 Å². The molecule has 0 bridgehead atoms. The van der Waals surface area contributed by atoms with Gasteiger partial charge < -0.3 is 0 Å². The number of hydrogen-bond acceptors (Lipinski definition) is 0. The predicted molar refractivity (Wildman–Crippen MR) is 228 cm³/mol. The molecule has 0 spiro atoms. The van der Waals surface area contributed by atoms with Crippen LogP contribution < -0.4 is 0 Å². The zero-order valence-corrected chi connectivity index (χ0v) is 33.6. The van der Waals surface area contributed by atoms with Crippen molar-refractivity contribution in [1.29, 1.82) is 0 Å². The molecule has 16 unspecified atom stereocenters. The van der Waals surface area contributed by atoms with Gasteiger partial charge in [0.2, 0.25) is 0 Å². The quantitative estimate of drug-likeness (QED) is 0.196. The van der Waals surface area contributed by atoms with Crippen LogP contribution in [0.4, 0.5) is 0 Å². The summed E-state index contributed by atoms with van der Waals surface area (Å²) in [6, 6.07) is 48.3. The molecule has 0 amide bonds. The highest BCUT2D eigenvalue weighted by Crippen LogP contribution is 2.77. The SMILES string of the molecule is c1ccc(C2CC3C(CC2c2ccccc2)C(c2ccccc2)C2C4CCC5C6CCC7CCC8CCC(C9CCC(C4C95)C2C3c2ccccc2)C6C87)cc1. The third-order valence-corrected chi connectivity index (χ3v) is 20.5. The van der Waals surface area contributed by atoms with Gasteiger partial charge in [-0.3, -0.25) is 0 Å². The van der Waals surface area contributed by atoms with Crippen LogP contribution in [0.2, 0.25) is 0 Å². The van der Waals surface area contributed by atoms with Gasteiger partial charge in [0.15, 0.2) is 0 Å². The van der Waals surface area contributed by atoms with Crippen molar-refractivity contribution in [3.8, 4) is 0 Å². The molecular weight excluding hydrogens is 673 g/mol. The van der Waals surface area contributed by atoms with Gasteiger partial charge in [0, 0.05) is 0 Å². The summed E-state index contributed by atoms with van der Waals surface area (Å²) in [7, 11) is 0. The lowest BCUT2D eigenvalue weighted by atomic mass is 9.40. The summed E-state index contributed by atoms with van der Waals surface area (Å²) >= 11 is 0. The fraction of sp³-hybridized carbons (Fsp3) is 0.571. The van der Waals surface area contributed by atoms with Gasteiger partial charge in [-0.2, -0.15) is 0 Å². The summed E-state index contributed by atoms with van der Waals surface area (Å²) in [5.41, 5.74) is 6.56. The van der Waals surface area contributed by atoms with Crippen molar-refractivity contribution in [3.05, 3.63) is 144 Å². The molecule has 0 aromatic heterocycles. The zero-order chi connectivity index (χ0) is 36.5. The van der Waals surface area contributed by atoms with Gasteiger partial charge in [-0.15, -0.1) is 0 Å². The highest BCUT2D eigenvalue weighted by atomic mass is 14.7. The Morgan fingerprint density at radius 1 is 0.250 bits per heavy atom. The Labute approximate surface area is 337 Å².